The lowest BCUT2D eigenvalue weighted by molar-refractivity contribution is -0.384. The van der Waals surface area contributed by atoms with E-state index < -0.39 is 10.9 Å². The fourth-order valence-electron chi connectivity index (χ4n) is 2.26. The summed E-state index contributed by atoms with van der Waals surface area (Å²) in [6, 6.07) is 2.83. The summed E-state index contributed by atoms with van der Waals surface area (Å²) in [5.74, 6) is -0.276. The molecule has 8 nitrogen and oxygen atoms in total. The molecule has 1 aromatic heterocycles. The molecule has 1 fully saturated rings. The molecule has 0 atom stereocenters. The smallest absolute Gasteiger partial charge is 0.305 e. The first-order valence-electron chi connectivity index (χ1n) is 6.75. The van der Waals surface area contributed by atoms with Crippen molar-refractivity contribution >= 4 is 17.5 Å². The predicted molar refractivity (Wildman–Crippen MR) is 74.3 cm³/mol. The van der Waals surface area contributed by atoms with Crippen LogP contribution in [-0.4, -0.2) is 46.8 Å². The highest BCUT2D eigenvalue weighted by Crippen LogP contribution is 2.22. The van der Waals surface area contributed by atoms with Crippen LogP contribution >= 0.6 is 0 Å². The van der Waals surface area contributed by atoms with Gasteiger partial charge in [-0.2, -0.15) is 0 Å². The zero-order valence-electron chi connectivity index (χ0n) is 11.5. The fourth-order valence-corrected chi connectivity index (χ4v) is 2.26. The summed E-state index contributed by atoms with van der Waals surface area (Å²) >= 11 is 0. The summed E-state index contributed by atoms with van der Waals surface area (Å²) in [4.78, 5) is 26.9. The normalized spacial score (nSPS) is 15.9. The number of nitrogens with zero attached hydrogens (tertiary/aromatic N) is 3. The predicted octanol–water partition coefficient (Wildman–Crippen LogP) is 1.45. The standard InChI is InChI=1S/C13H17N3O5/c17-13(18)4-8-21-11-2-6-15(7-3-11)12-9-10(16(19)20)1-5-14-12/h1,5,9,11H,2-4,6-8H2,(H,17,18). The third kappa shape index (κ3) is 4.38. The van der Waals surface area contributed by atoms with Crippen LogP contribution in [0.4, 0.5) is 11.5 Å². The summed E-state index contributed by atoms with van der Waals surface area (Å²) in [5.41, 5.74) is 0.0276. The third-order valence-corrected chi connectivity index (χ3v) is 3.38. The molecule has 0 aliphatic carbocycles. The number of hydrogen-bond acceptors (Lipinski definition) is 6. The molecule has 21 heavy (non-hydrogen) atoms. The van der Waals surface area contributed by atoms with Crippen LogP contribution in [0.25, 0.3) is 0 Å². The van der Waals surface area contributed by atoms with Gasteiger partial charge in [0.05, 0.1) is 30.1 Å². The number of rotatable bonds is 6. The van der Waals surface area contributed by atoms with Gasteiger partial charge in [0.25, 0.3) is 5.69 Å². The van der Waals surface area contributed by atoms with E-state index >= 15 is 0 Å². The molecule has 0 radical (unpaired) electrons. The van der Waals surface area contributed by atoms with E-state index in [4.69, 9.17) is 9.84 Å². The first-order chi connectivity index (χ1) is 10.1. The SMILES string of the molecule is O=C(O)CCOC1CCN(c2cc([N+](=O)[O-])ccn2)CC1. The van der Waals surface area contributed by atoms with E-state index in [1.54, 1.807) is 0 Å². The Morgan fingerprint density at radius 2 is 2.24 bits per heavy atom. The number of aliphatic carboxylic acids is 1. The van der Waals surface area contributed by atoms with Crippen LogP contribution in [0.15, 0.2) is 18.3 Å². The van der Waals surface area contributed by atoms with Gasteiger partial charge in [-0.15, -0.1) is 0 Å². The Bertz CT molecular complexity index is 514. The number of aromatic nitrogens is 1. The van der Waals surface area contributed by atoms with E-state index in [2.05, 4.69) is 4.98 Å². The molecule has 114 valence electrons. The van der Waals surface area contributed by atoms with Crippen molar-refractivity contribution in [1.29, 1.82) is 0 Å². The van der Waals surface area contributed by atoms with Crippen LogP contribution in [-0.2, 0) is 9.53 Å². The molecule has 1 saturated heterocycles. The van der Waals surface area contributed by atoms with Gasteiger partial charge in [0.15, 0.2) is 0 Å². The van der Waals surface area contributed by atoms with Crippen molar-refractivity contribution in [2.24, 2.45) is 0 Å². The Kier molecular flexibility index (Phi) is 5.04. The van der Waals surface area contributed by atoms with E-state index in [1.807, 2.05) is 4.90 Å². The molecule has 0 aromatic carbocycles. The van der Waals surface area contributed by atoms with Crippen LogP contribution in [0.2, 0.25) is 0 Å². The molecule has 0 unspecified atom stereocenters. The van der Waals surface area contributed by atoms with E-state index in [0.29, 0.717) is 18.9 Å². The van der Waals surface area contributed by atoms with Gasteiger partial charge >= 0.3 is 5.97 Å². The third-order valence-electron chi connectivity index (χ3n) is 3.38. The number of pyridine rings is 1. The number of carboxylic acids is 1. The number of nitro groups is 1. The van der Waals surface area contributed by atoms with Crippen molar-refractivity contribution < 1.29 is 19.6 Å². The Labute approximate surface area is 121 Å². The second-order valence-electron chi connectivity index (χ2n) is 4.83. The largest absolute Gasteiger partial charge is 0.481 e. The number of anilines is 1. The van der Waals surface area contributed by atoms with Crippen LogP contribution in [0, 0.1) is 10.1 Å². The van der Waals surface area contributed by atoms with Crippen molar-refractivity contribution in [3.63, 3.8) is 0 Å². The van der Waals surface area contributed by atoms with Crippen LogP contribution in [0.3, 0.4) is 0 Å². The van der Waals surface area contributed by atoms with E-state index in [9.17, 15) is 14.9 Å². The zero-order chi connectivity index (χ0) is 15.2. The monoisotopic (exact) mass is 295 g/mol. The maximum absolute atomic E-state index is 10.8. The maximum atomic E-state index is 10.8. The molecule has 0 spiro atoms. The quantitative estimate of drug-likeness (QED) is 0.625. The van der Waals surface area contributed by atoms with Crippen LogP contribution < -0.4 is 4.90 Å². The fraction of sp³-hybridized carbons (Fsp3) is 0.538. The molecule has 8 heteroatoms. The first kappa shape index (κ1) is 15.2. The lowest BCUT2D eigenvalue weighted by atomic mass is 10.1. The average molecular weight is 295 g/mol. The Morgan fingerprint density at radius 1 is 1.52 bits per heavy atom. The summed E-state index contributed by atoms with van der Waals surface area (Å²) in [5, 5.41) is 19.3. The molecule has 0 bridgehead atoms. The number of carbonyl (C=O) groups is 1. The highest BCUT2D eigenvalue weighted by molar-refractivity contribution is 5.66. The number of hydrogen-bond donors (Lipinski definition) is 1. The van der Waals surface area contributed by atoms with Gasteiger partial charge in [-0.25, -0.2) is 4.98 Å². The van der Waals surface area contributed by atoms with Crippen molar-refractivity contribution in [2.45, 2.75) is 25.4 Å². The minimum absolute atomic E-state index is 0.00660. The molecule has 1 aliphatic rings. The number of ether oxygens (including phenoxy) is 1. The van der Waals surface area contributed by atoms with E-state index in [-0.39, 0.29) is 24.8 Å². The second kappa shape index (κ2) is 6.98. The van der Waals surface area contributed by atoms with Gasteiger partial charge in [0.2, 0.25) is 0 Å². The lowest BCUT2D eigenvalue weighted by Crippen LogP contribution is -2.37. The average Bonchev–Trinajstić information content (AvgIpc) is 2.48. The van der Waals surface area contributed by atoms with Gasteiger partial charge in [-0.05, 0) is 12.8 Å². The van der Waals surface area contributed by atoms with Crippen molar-refractivity contribution in [1.82, 2.24) is 4.98 Å². The van der Waals surface area contributed by atoms with Gasteiger partial charge in [0.1, 0.15) is 5.82 Å². The number of carboxylic acid groups (broad SMARTS) is 1. The lowest BCUT2D eigenvalue weighted by Gasteiger charge is -2.32. The summed E-state index contributed by atoms with van der Waals surface area (Å²) in [7, 11) is 0. The molecule has 2 heterocycles. The molecule has 0 saturated carbocycles. The van der Waals surface area contributed by atoms with E-state index in [1.165, 1.54) is 18.3 Å². The highest BCUT2D eigenvalue weighted by Gasteiger charge is 2.22. The Balaban J connectivity index is 1.84. The van der Waals surface area contributed by atoms with Crippen molar-refractivity contribution in [3.8, 4) is 0 Å². The maximum Gasteiger partial charge on any atom is 0.305 e. The molecular formula is C13H17N3O5. The summed E-state index contributed by atoms with van der Waals surface area (Å²) < 4.78 is 5.50. The molecule has 1 N–H and O–H groups in total. The Hall–Kier alpha value is -2.22. The van der Waals surface area contributed by atoms with Crippen molar-refractivity contribution in [3.05, 3.63) is 28.4 Å². The van der Waals surface area contributed by atoms with Gasteiger partial charge in [-0.1, -0.05) is 0 Å². The Morgan fingerprint density at radius 3 is 2.86 bits per heavy atom. The molecule has 2 rings (SSSR count). The van der Waals surface area contributed by atoms with Crippen LogP contribution in [0.5, 0.6) is 0 Å². The topological polar surface area (TPSA) is 106 Å². The van der Waals surface area contributed by atoms with E-state index in [0.717, 1.165) is 12.8 Å². The molecular weight excluding hydrogens is 278 g/mol. The summed E-state index contributed by atoms with van der Waals surface area (Å²) in [6.45, 7) is 1.59. The van der Waals surface area contributed by atoms with Gasteiger partial charge in [0, 0.05) is 25.4 Å². The molecule has 1 aromatic rings. The first-order valence-corrected chi connectivity index (χ1v) is 6.75. The molecule has 1 aliphatic heterocycles. The van der Waals surface area contributed by atoms with Crippen molar-refractivity contribution in [2.75, 3.05) is 24.6 Å². The van der Waals surface area contributed by atoms with Gasteiger partial charge < -0.3 is 14.7 Å². The summed E-state index contributed by atoms with van der Waals surface area (Å²) in [6.07, 6.45) is 2.99. The minimum atomic E-state index is -0.867. The van der Waals surface area contributed by atoms with Crippen LogP contribution in [0.1, 0.15) is 19.3 Å². The zero-order valence-corrected chi connectivity index (χ0v) is 11.5. The number of piperidine rings is 1. The second-order valence-corrected chi connectivity index (χ2v) is 4.83. The molecule has 0 amide bonds. The van der Waals surface area contributed by atoms with Gasteiger partial charge in [-0.3, -0.25) is 14.9 Å². The highest BCUT2D eigenvalue weighted by atomic mass is 16.6. The minimum Gasteiger partial charge on any atom is -0.481 e.